The Hall–Kier alpha value is -0.990. The molecule has 16 heavy (non-hydrogen) atoms. The number of nitrogens with zero attached hydrogens (tertiary/aromatic N) is 2. The van der Waals surface area contributed by atoms with E-state index in [2.05, 4.69) is 10.1 Å². The van der Waals surface area contributed by atoms with E-state index in [0.29, 0.717) is 12.2 Å². The van der Waals surface area contributed by atoms with Crippen molar-refractivity contribution in [3.8, 4) is 0 Å². The van der Waals surface area contributed by atoms with Gasteiger partial charge in [0.1, 0.15) is 9.84 Å². The topological polar surface area (TPSA) is 119 Å². The Labute approximate surface area is 93.6 Å². The Balaban J connectivity index is 2.55. The van der Waals surface area contributed by atoms with Gasteiger partial charge in [-0.3, -0.25) is 0 Å². The van der Waals surface area contributed by atoms with Gasteiger partial charge in [-0.15, -0.1) is 0 Å². The minimum Gasteiger partial charge on any atom is -0.396 e. The number of nitrogens with two attached hydrogens (primary N) is 1. The van der Waals surface area contributed by atoms with Crippen molar-refractivity contribution < 1.29 is 18.0 Å². The molecule has 0 aliphatic rings. The highest BCUT2D eigenvalue weighted by Crippen LogP contribution is 2.12. The monoisotopic (exact) mass is 249 g/mol. The number of hydrogen-bond donors (Lipinski definition) is 2. The third-order valence-electron chi connectivity index (χ3n) is 1.94. The number of sulfone groups is 1. The van der Waals surface area contributed by atoms with E-state index < -0.39 is 15.9 Å². The lowest BCUT2D eigenvalue weighted by atomic mass is 10.2. The highest BCUT2D eigenvalue weighted by molar-refractivity contribution is 7.90. The highest BCUT2D eigenvalue weighted by atomic mass is 32.2. The first-order chi connectivity index (χ1) is 7.42. The molecule has 0 saturated heterocycles. The fourth-order valence-electron chi connectivity index (χ4n) is 1.08. The molecule has 92 valence electrons. The minimum absolute atomic E-state index is 0.0219. The molecule has 3 N–H and O–H groups in total. The zero-order chi connectivity index (χ0) is 12.2. The molecule has 1 unspecified atom stereocenters. The van der Waals surface area contributed by atoms with Crippen LogP contribution in [-0.4, -0.2) is 42.3 Å². The van der Waals surface area contributed by atoms with E-state index in [1.54, 1.807) is 0 Å². The van der Waals surface area contributed by atoms with Gasteiger partial charge >= 0.3 is 0 Å². The molecular weight excluding hydrogens is 234 g/mol. The molecule has 7 nitrogen and oxygen atoms in total. The number of aliphatic hydroxyl groups excluding tert-OH is 1. The summed E-state index contributed by atoms with van der Waals surface area (Å²) in [4.78, 5) is 3.94. The predicted octanol–water partition coefficient (Wildman–Crippen LogP) is -0.961. The fraction of sp³-hybridized carbons (Fsp3) is 0.750. The molecule has 0 bridgehead atoms. The minimum atomic E-state index is -3.04. The molecule has 1 aromatic rings. The van der Waals surface area contributed by atoms with Crippen LogP contribution in [0.4, 0.5) is 0 Å². The van der Waals surface area contributed by atoms with Crippen molar-refractivity contribution in [2.45, 2.75) is 18.9 Å². The molecule has 0 aliphatic carbocycles. The maximum atomic E-state index is 10.9. The Morgan fingerprint density at radius 3 is 2.81 bits per heavy atom. The number of hydrogen-bond acceptors (Lipinski definition) is 7. The maximum Gasteiger partial charge on any atom is 0.243 e. The van der Waals surface area contributed by atoms with E-state index in [1.165, 1.54) is 0 Å². The lowest BCUT2D eigenvalue weighted by molar-refractivity contribution is 0.292. The Morgan fingerprint density at radius 1 is 1.56 bits per heavy atom. The first kappa shape index (κ1) is 13.1. The van der Waals surface area contributed by atoms with Crippen LogP contribution in [-0.2, 0) is 16.3 Å². The van der Waals surface area contributed by atoms with Gasteiger partial charge in [0.05, 0.1) is 18.4 Å². The molecular formula is C8H15N3O4S. The second-order valence-corrected chi connectivity index (χ2v) is 5.81. The number of aromatic nitrogens is 2. The Morgan fingerprint density at radius 2 is 2.25 bits per heavy atom. The largest absolute Gasteiger partial charge is 0.396 e. The fourth-order valence-corrected chi connectivity index (χ4v) is 1.77. The highest BCUT2D eigenvalue weighted by Gasteiger charge is 2.16. The van der Waals surface area contributed by atoms with E-state index in [0.717, 1.165) is 6.26 Å². The lowest BCUT2D eigenvalue weighted by Crippen LogP contribution is -2.16. The number of aliphatic hydroxyl groups is 1. The molecule has 1 aromatic heterocycles. The van der Waals surface area contributed by atoms with Crippen molar-refractivity contribution >= 4 is 9.84 Å². The van der Waals surface area contributed by atoms with Crippen LogP contribution in [0.15, 0.2) is 4.52 Å². The van der Waals surface area contributed by atoms with Crippen LogP contribution in [0.2, 0.25) is 0 Å². The van der Waals surface area contributed by atoms with Crippen LogP contribution < -0.4 is 5.73 Å². The van der Waals surface area contributed by atoms with E-state index in [-0.39, 0.29) is 24.7 Å². The van der Waals surface area contributed by atoms with Crippen molar-refractivity contribution in [1.82, 2.24) is 10.1 Å². The third-order valence-corrected chi connectivity index (χ3v) is 2.91. The zero-order valence-corrected chi connectivity index (χ0v) is 9.77. The molecule has 1 rings (SSSR count). The standard InChI is InChI=1S/C8H15N3O4S/c1-16(13,14)5-3-6(9)8-10-7(2-4-12)11-15-8/h6,12H,2-5,9H2,1H3. The van der Waals surface area contributed by atoms with Crippen LogP contribution >= 0.6 is 0 Å². The molecule has 1 atom stereocenters. The van der Waals surface area contributed by atoms with Crippen molar-refractivity contribution in [2.75, 3.05) is 18.6 Å². The van der Waals surface area contributed by atoms with E-state index in [1.807, 2.05) is 0 Å². The van der Waals surface area contributed by atoms with Gasteiger partial charge in [0, 0.05) is 12.7 Å². The van der Waals surface area contributed by atoms with Crippen LogP contribution in [0.1, 0.15) is 24.2 Å². The van der Waals surface area contributed by atoms with Gasteiger partial charge in [0.25, 0.3) is 0 Å². The van der Waals surface area contributed by atoms with Crippen LogP contribution in [0.5, 0.6) is 0 Å². The summed E-state index contributed by atoms with van der Waals surface area (Å²) in [5.74, 6) is 0.547. The Kier molecular flexibility index (Phi) is 4.39. The van der Waals surface area contributed by atoms with Gasteiger partial charge in [0.2, 0.25) is 5.89 Å². The summed E-state index contributed by atoms with van der Waals surface area (Å²) in [5, 5.41) is 12.2. The lowest BCUT2D eigenvalue weighted by Gasteiger charge is -2.04. The van der Waals surface area contributed by atoms with Gasteiger partial charge in [-0.2, -0.15) is 4.98 Å². The van der Waals surface area contributed by atoms with E-state index in [9.17, 15) is 8.42 Å². The smallest absolute Gasteiger partial charge is 0.243 e. The molecule has 0 fully saturated rings. The summed E-state index contributed by atoms with van der Waals surface area (Å²) in [6, 6.07) is -0.588. The third kappa shape index (κ3) is 4.25. The molecule has 0 amide bonds. The molecule has 0 spiro atoms. The van der Waals surface area contributed by atoms with Crippen LogP contribution in [0.25, 0.3) is 0 Å². The van der Waals surface area contributed by atoms with Gasteiger partial charge in [-0.1, -0.05) is 5.16 Å². The van der Waals surface area contributed by atoms with Crippen molar-refractivity contribution in [2.24, 2.45) is 5.73 Å². The second-order valence-electron chi connectivity index (χ2n) is 3.55. The maximum absolute atomic E-state index is 10.9. The molecule has 1 heterocycles. The van der Waals surface area contributed by atoms with Crippen molar-refractivity contribution in [3.05, 3.63) is 11.7 Å². The van der Waals surface area contributed by atoms with E-state index in [4.69, 9.17) is 15.4 Å². The summed E-state index contributed by atoms with van der Waals surface area (Å²) in [5.41, 5.74) is 5.69. The normalized spacial score (nSPS) is 13.9. The van der Waals surface area contributed by atoms with Crippen LogP contribution in [0.3, 0.4) is 0 Å². The summed E-state index contributed by atoms with van der Waals surface area (Å²) >= 11 is 0. The number of rotatable bonds is 6. The van der Waals surface area contributed by atoms with Gasteiger partial charge in [-0.25, -0.2) is 8.42 Å². The first-order valence-electron chi connectivity index (χ1n) is 4.79. The molecule has 0 saturated carbocycles. The van der Waals surface area contributed by atoms with E-state index >= 15 is 0 Å². The second kappa shape index (κ2) is 5.37. The molecule has 0 aromatic carbocycles. The predicted molar refractivity (Wildman–Crippen MR) is 56.3 cm³/mol. The van der Waals surface area contributed by atoms with Crippen molar-refractivity contribution in [3.63, 3.8) is 0 Å². The Bertz CT molecular complexity index is 428. The average Bonchev–Trinajstić information content (AvgIpc) is 2.62. The average molecular weight is 249 g/mol. The van der Waals surface area contributed by atoms with Gasteiger partial charge < -0.3 is 15.4 Å². The summed E-state index contributed by atoms with van der Waals surface area (Å²) in [7, 11) is -3.04. The molecule has 0 radical (unpaired) electrons. The summed E-state index contributed by atoms with van der Waals surface area (Å²) in [6.45, 7) is -0.0719. The summed E-state index contributed by atoms with van der Waals surface area (Å²) < 4.78 is 26.7. The van der Waals surface area contributed by atoms with Gasteiger partial charge in [0.15, 0.2) is 5.82 Å². The molecule has 8 heteroatoms. The zero-order valence-electron chi connectivity index (χ0n) is 8.96. The summed E-state index contributed by atoms with van der Waals surface area (Å²) in [6.07, 6.45) is 1.67. The first-order valence-corrected chi connectivity index (χ1v) is 6.85. The van der Waals surface area contributed by atoms with Crippen molar-refractivity contribution in [1.29, 1.82) is 0 Å². The SMILES string of the molecule is CS(=O)(=O)CCC(N)c1nc(CCO)no1. The molecule has 0 aliphatic heterocycles. The quantitative estimate of drug-likeness (QED) is 0.666. The van der Waals surface area contributed by atoms with Gasteiger partial charge in [-0.05, 0) is 6.42 Å². The van der Waals surface area contributed by atoms with Crippen LogP contribution in [0, 0.1) is 0 Å².